The highest BCUT2D eigenvalue weighted by molar-refractivity contribution is 7.86. The van der Waals surface area contributed by atoms with Crippen LogP contribution < -0.4 is 0 Å². The zero-order chi connectivity index (χ0) is 15.5. The summed E-state index contributed by atoms with van der Waals surface area (Å²) in [6.45, 7) is 3.27. The standard InChI is InChI=1S/C11H13NO7S/c1-7(2)6-19-20(17,18)10-5-8(12(15)16)3-4-9(10)11(13)14/h3-5,7H,6H2,1-2H3,(H,13,14). The first-order valence-electron chi connectivity index (χ1n) is 5.56. The Balaban J connectivity index is 3.35. The first-order valence-corrected chi connectivity index (χ1v) is 6.97. The third-order valence-electron chi connectivity index (χ3n) is 2.23. The van der Waals surface area contributed by atoms with Crippen LogP contribution in [0.25, 0.3) is 0 Å². The number of nitro groups is 1. The minimum Gasteiger partial charge on any atom is -0.478 e. The molecule has 0 fully saturated rings. The van der Waals surface area contributed by atoms with Crippen molar-refractivity contribution in [1.29, 1.82) is 0 Å². The van der Waals surface area contributed by atoms with Gasteiger partial charge in [0.2, 0.25) is 0 Å². The van der Waals surface area contributed by atoms with E-state index in [1.807, 2.05) is 0 Å². The van der Waals surface area contributed by atoms with Gasteiger partial charge in [0.1, 0.15) is 4.90 Å². The number of non-ortho nitro benzene ring substituents is 1. The molecule has 20 heavy (non-hydrogen) atoms. The number of nitro benzene ring substituents is 1. The zero-order valence-corrected chi connectivity index (χ0v) is 11.6. The first kappa shape index (κ1) is 16.1. The van der Waals surface area contributed by atoms with Crippen molar-refractivity contribution in [2.24, 2.45) is 5.92 Å². The molecule has 1 rings (SSSR count). The second-order valence-electron chi connectivity index (χ2n) is 4.38. The highest BCUT2D eigenvalue weighted by atomic mass is 32.2. The maximum atomic E-state index is 11.9. The number of rotatable bonds is 6. The molecule has 0 unspecified atom stereocenters. The highest BCUT2D eigenvalue weighted by Gasteiger charge is 2.26. The van der Waals surface area contributed by atoms with Gasteiger partial charge in [0.15, 0.2) is 0 Å². The van der Waals surface area contributed by atoms with Crippen LogP contribution in [0.3, 0.4) is 0 Å². The second kappa shape index (κ2) is 5.97. The quantitative estimate of drug-likeness (QED) is 0.481. The molecule has 0 radical (unpaired) electrons. The fourth-order valence-electron chi connectivity index (χ4n) is 1.30. The average Bonchev–Trinajstić information content (AvgIpc) is 2.35. The van der Waals surface area contributed by atoms with Gasteiger partial charge in [-0.15, -0.1) is 0 Å². The highest BCUT2D eigenvalue weighted by Crippen LogP contribution is 2.24. The van der Waals surface area contributed by atoms with E-state index in [2.05, 4.69) is 4.18 Å². The number of nitrogens with zero attached hydrogens (tertiary/aromatic N) is 1. The molecule has 1 aromatic carbocycles. The van der Waals surface area contributed by atoms with Crippen LogP contribution in [0.5, 0.6) is 0 Å². The summed E-state index contributed by atoms with van der Waals surface area (Å²) in [7, 11) is -4.37. The van der Waals surface area contributed by atoms with E-state index in [4.69, 9.17) is 5.11 Å². The van der Waals surface area contributed by atoms with Crippen molar-refractivity contribution in [2.75, 3.05) is 6.61 Å². The normalized spacial score (nSPS) is 11.6. The lowest BCUT2D eigenvalue weighted by atomic mass is 10.2. The molecule has 0 spiro atoms. The lowest BCUT2D eigenvalue weighted by Crippen LogP contribution is -2.15. The fourth-order valence-corrected chi connectivity index (χ4v) is 2.57. The van der Waals surface area contributed by atoms with Crippen LogP contribution in [0.4, 0.5) is 5.69 Å². The van der Waals surface area contributed by atoms with E-state index >= 15 is 0 Å². The molecule has 0 heterocycles. The van der Waals surface area contributed by atoms with E-state index in [-0.39, 0.29) is 12.5 Å². The largest absolute Gasteiger partial charge is 0.478 e. The van der Waals surface area contributed by atoms with Gasteiger partial charge >= 0.3 is 5.97 Å². The molecule has 1 aromatic rings. The number of carboxylic acid groups (broad SMARTS) is 1. The number of aromatic carboxylic acids is 1. The number of hydrogen-bond acceptors (Lipinski definition) is 6. The van der Waals surface area contributed by atoms with Crippen LogP contribution in [0.2, 0.25) is 0 Å². The molecule has 110 valence electrons. The van der Waals surface area contributed by atoms with E-state index < -0.39 is 37.2 Å². The molecule has 8 nitrogen and oxygen atoms in total. The zero-order valence-electron chi connectivity index (χ0n) is 10.8. The van der Waals surface area contributed by atoms with Crippen LogP contribution in [0, 0.1) is 16.0 Å². The maximum absolute atomic E-state index is 11.9. The predicted octanol–water partition coefficient (Wildman–Crippen LogP) is 1.65. The Labute approximate surface area is 115 Å². The minimum atomic E-state index is -4.37. The van der Waals surface area contributed by atoms with Gasteiger partial charge in [-0.1, -0.05) is 13.8 Å². The maximum Gasteiger partial charge on any atom is 0.337 e. The summed E-state index contributed by atoms with van der Waals surface area (Å²) in [6, 6.07) is 2.47. The van der Waals surface area contributed by atoms with Gasteiger partial charge in [0.25, 0.3) is 15.8 Å². The predicted molar refractivity (Wildman–Crippen MR) is 68.0 cm³/mol. The molecule has 0 aliphatic carbocycles. The van der Waals surface area contributed by atoms with E-state index in [1.165, 1.54) is 0 Å². The fraction of sp³-hybridized carbons (Fsp3) is 0.364. The monoisotopic (exact) mass is 303 g/mol. The molecule has 0 aliphatic heterocycles. The van der Waals surface area contributed by atoms with Crippen molar-refractivity contribution < 1.29 is 27.4 Å². The Bertz CT molecular complexity index is 636. The van der Waals surface area contributed by atoms with E-state index in [1.54, 1.807) is 13.8 Å². The molecular weight excluding hydrogens is 290 g/mol. The molecule has 1 N–H and O–H groups in total. The summed E-state index contributed by atoms with van der Waals surface area (Å²) in [5.41, 5.74) is -1.10. The van der Waals surface area contributed by atoms with Gasteiger partial charge in [-0.3, -0.25) is 14.3 Å². The van der Waals surface area contributed by atoms with Gasteiger partial charge in [0, 0.05) is 12.1 Å². The molecule has 0 bridgehead atoms. The molecular formula is C11H13NO7S. The van der Waals surface area contributed by atoms with Crippen molar-refractivity contribution >= 4 is 21.8 Å². The molecule has 0 amide bonds. The third-order valence-corrected chi connectivity index (χ3v) is 3.56. The molecule has 0 saturated carbocycles. The van der Waals surface area contributed by atoms with E-state index in [9.17, 15) is 23.3 Å². The van der Waals surface area contributed by atoms with Crippen LogP contribution >= 0.6 is 0 Å². The van der Waals surface area contributed by atoms with Gasteiger partial charge in [-0.2, -0.15) is 8.42 Å². The number of hydrogen-bond donors (Lipinski definition) is 1. The topological polar surface area (TPSA) is 124 Å². The smallest absolute Gasteiger partial charge is 0.337 e. The van der Waals surface area contributed by atoms with E-state index in [0.717, 1.165) is 12.1 Å². The lowest BCUT2D eigenvalue weighted by Gasteiger charge is -2.09. The lowest BCUT2D eigenvalue weighted by molar-refractivity contribution is -0.385. The van der Waals surface area contributed by atoms with Crippen molar-refractivity contribution in [3.63, 3.8) is 0 Å². The number of carbonyl (C=O) groups is 1. The minimum absolute atomic E-state index is 0.100. The first-order chi connectivity index (χ1) is 9.15. The van der Waals surface area contributed by atoms with Gasteiger partial charge in [-0.05, 0) is 12.0 Å². The summed E-state index contributed by atoms with van der Waals surface area (Å²) in [4.78, 5) is 20.1. The Hall–Kier alpha value is -2.00. The van der Waals surface area contributed by atoms with Crippen LogP contribution in [-0.2, 0) is 14.3 Å². The van der Waals surface area contributed by atoms with Gasteiger partial charge < -0.3 is 5.11 Å². The van der Waals surface area contributed by atoms with Gasteiger partial charge in [-0.25, -0.2) is 4.79 Å². The summed E-state index contributed by atoms with van der Waals surface area (Å²) in [5, 5.41) is 19.6. The van der Waals surface area contributed by atoms with Crippen LogP contribution in [0.15, 0.2) is 23.1 Å². The molecule has 0 atom stereocenters. The average molecular weight is 303 g/mol. The second-order valence-corrected chi connectivity index (χ2v) is 5.96. The SMILES string of the molecule is CC(C)COS(=O)(=O)c1cc([N+](=O)[O-])ccc1C(=O)O. The van der Waals surface area contributed by atoms with Crippen molar-refractivity contribution in [3.8, 4) is 0 Å². The van der Waals surface area contributed by atoms with Crippen molar-refractivity contribution in [1.82, 2.24) is 0 Å². The molecule has 9 heteroatoms. The third kappa shape index (κ3) is 3.75. The van der Waals surface area contributed by atoms with Crippen molar-refractivity contribution in [2.45, 2.75) is 18.7 Å². The van der Waals surface area contributed by atoms with Crippen LogP contribution in [-0.4, -0.2) is 31.0 Å². The summed E-state index contributed by atoms with van der Waals surface area (Å²) < 4.78 is 28.5. The number of benzene rings is 1. The Morgan fingerprint density at radius 2 is 2.05 bits per heavy atom. The van der Waals surface area contributed by atoms with Crippen LogP contribution in [0.1, 0.15) is 24.2 Å². The molecule has 0 aliphatic rings. The summed E-state index contributed by atoms with van der Waals surface area (Å²) >= 11 is 0. The Morgan fingerprint density at radius 1 is 1.45 bits per heavy atom. The molecule has 0 saturated heterocycles. The Morgan fingerprint density at radius 3 is 2.50 bits per heavy atom. The summed E-state index contributed by atoms with van der Waals surface area (Å²) in [6.07, 6.45) is 0. The van der Waals surface area contributed by atoms with Crippen molar-refractivity contribution in [3.05, 3.63) is 33.9 Å². The number of carboxylic acids is 1. The Kier molecular flexibility index (Phi) is 4.79. The van der Waals surface area contributed by atoms with E-state index in [0.29, 0.717) is 6.07 Å². The summed E-state index contributed by atoms with van der Waals surface area (Å²) in [5.74, 6) is -1.61. The van der Waals surface area contributed by atoms with Gasteiger partial charge in [0.05, 0.1) is 17.1 Å². The molecule has 0 aromatic heterocycles.